The van der Waals surface area contributed by atoms with E-state index in [0.717, 1.165) is 13.1 Å². The van der Waals surface area contributed by atoms with Crippen molar-refractivity contribution in [2.24, 2.45) is 11.7 Å². The molecule has 2 rings (SSSR count). The Morgan fingerprint density at radius 1 is 1.26 bits per heavy atom. The highest BCUT2D eigenvalue weighted by molar-refractivity contribution is 5.26. The van der Waals surface area contributed by atoms with Gasteiger partial charge in [-0.3, -0.25) is 4.90 Å². The van der Waals surface area contributed by atoms with E-state index >= 15 is 0 Å². The van der Waals surface area contributed by atoms with Crippen LogP contribution >= 0.6 is 0 Å². The smallest absolute Gasteiger partial charge is 0.0716 e. The topological polar surface area (TPSA) is 38.5 Å². The molecule has 1 fully saturated rings. The summed E-state index contributed by atoms with van der Waals surface area (Å²) < 4.78 is 5.28. The van der Waals surface area contributed by atoms with Gasteiger partial charge in [-0.15, -0.1) is 0 Å². The predicted octanol–water partition coefficient (Wildman–Crippen LogP) is 2.39. The van der Waals surface area contributed by atoms with E-state index in [-0.39, 0.29) is 0 Å². The minimum absolute atomic E-state index is 0.639. The third-order valence-corrected chi connectivity index (χ3v) is 4.33. The van der Waals surface area contributed by atoms with Gasteiger partial charge in [-0.1, -0.05) is 30.7 Å². The van der Waals surface area contributed by atoms with Gasteiger partial charge in [-0.05, 0) is 43.5 Å². The Labute approximate surface area is 116 Å². The third-order valence-electron chi connectivity index (χ3n) is 4.33. The molecule has 19 heavy (non-hydrogen) atoms. The van der Waals surface area contributed by atoms with Crippen LogP contribution in [0.1, 0.15) is 30.4 Å². The van der Waals surface area contributed by atoms with Gasteiger partial charge in [0.05, 0.1) is 6.61 Å². The predicted molar refractivity (Wildman–Crippen MR) is 78.8 cm³/mol. The highest BCUT2D eigenvalue weighted by atomic mass is 16.5. The van der Waals surface area contributed by atoms with Gasteiger partial charge in [0.2, 0.25) is 0 Å². The molecule has 2 atom stereocenters. The van der Waals surface area contributed by atoms with Crippen molar-refractivity contribution in [1.82, 2.24) is 4.90 Å². The Kier molecular flexibility index (Phi) is 5.37. The molecule has 0 radical (unpaired) electrons. The van der Waals surface area contributed by atoms with Crippen LogP contribution in [0.3, 0.4) is 0 Å². The van der Waals surface area contributed by atoms with Crippen molar-refractivity contribution in [2.45, 2.75) is 38.5 Å². The molecule has 0 heterocycles. The summed E-state index contributed by atoms with van der Waals surface area (Å²) in [5.41, 5.74) is 8.55. The molecule has 1 aromatic rings. The number of ether oxygens (including phenoxy) is 1. The Hall–Kier alpha value is -0.900. The van der Waals surface area contributed by atoms with E-state index in [2.05, 4.69) is 36.2 Å². The van der Waals surface area contributed by atoms with E-state index < -0.39 is 0 Å². The van der Waals surface area contributed by atoms with Crippen LogP contribution in [0, 0.1) is 5.92 Å². The normalized spacial score (nSPS) is 23.2. The number of benzene rings is 1. The zero-order valence-electron chi connectivity index (χ0n) is 12.1. The Morgan fingerprint density at radius 3 is 2.68 bits per heavy atom. The Morgan fingerprint density at radius 2 is 2.00 bits per heavy atom. The fraction of sp³-hybridized carbons (Fsp3) is 0.625. The first-order chi connectivity index (χ1) is 9.26. The van der Waals surface area contributed by atoms with Crippen LogP contribution in [-0.4, -0.2) is 31.6 Å². The van der Waals surface area contributed by atoms with Crippen molar-refractivity contribution in [1.29, 1.82) is 0 Å². The van der Waals surface area contributed by atoms with Crippen molar-refractivity contribution in [3.8, 4) is 0 Å². The second kappa shape index (κ2) is 7.04. The van der Waals surface area contributed by atoms with Crippen molar-refractivity contribution in [2.75, 3.05) is 20.7 Å². The molecule has 0 spiro atoms. The number of nitrogens with zero attached hydrogens (tertiary/aromatic N) is 1. The van der Waals surface area contributed by atoms with E-state index in [1.54, 1.807) is 7.11 Å². The molecule has 3 nitrogen and oxygen atoms in total. The average Bonchev–Trinajstić information content (AvgIpc) is 2.89. The first-order valence-electron chi connectivity index (χ1n) is 7.22. The summed E-state index contributed by atoms with van der Waals surface area (Å²) in [5.74, 6) is 0.666. The van der Waals surface area contributed by atoms with Crippen LogP contribution in [0.25, 0.3) is 0 Å². The first kappa shape index (κ1) is 14.5. The average molecular weight is 262 g/mol. The molecule has 3 heteroatoms. The minimum Gasteiger partial charge on any atom is -0.380 e. The molecule has 0 amide bonds. The molecule has 2 N–H and O–H groups in total. The first-order valence-corrected chi connectivity index (χ1v) is 7.22. The number of hydrogen-bond acceptors (Lipinski definition) is 3. The second-order valence-corrected chi connectivity index (χ2v) is 5.61. The summed E-state index contributed by atoms with van der Waals surface area (Å²) in [6.07, 6.45) is 3.88. The van der Waals surface area contributed by atoms with Gasteiger partial charge in [0.15, 0.2) is 0 Å². The fourth-order valence-corrected chi connectivity index (χ4v) is 3.27. The number of hydrogen-bond donors (Lipinski definition) is 1. The zero-order chi connectivity index (χ0) is 13.7. The van der Waals surface area contributed by atoms with Gasteiger partial charge in [0, 0.05) is 19.7 Å². The maximum atomic E-state index is 5.89. The highest BCUT2D eigenvalue weighted by Crippen LogP contribution is 2.29. The van der Waals surface area contributed by atoms with Crippen LogP contribution in [-0.2, 0) is 17.9 Å². The number of methoxy groups -OCH3 is 1. The molecule has 0 bridgehead atoms. The van der Waals surface area contributed by atoms with Crippen molar-refractivity contribution in [3.05, 3.63) is 35.4 Å². The van der Waals surface area contributed by atoms with Crippen LogP contribution in [0.5, 0.6) is 0 Å². The van der Waals surface area contributed by atoms with Gasteiger partial charge >= 0.3 is 0 Å². The monoisotopic (exact) mass is 262 g/mol. The summed E-state index contributed by atoms with van der Waals surface area (Å²) in [6, 6.07) is 9.19. The molecular formula is C16H26N2O. The van der Waals surface area contributed by atoms with Gasteiger partial charge in [-0.25, -0.2) is 0 Å². The molecule has 0 aliphatic heterocycles. The molecule has 1 aliphatic rings. The van der Waals surface area contributed by atoms with E-state index in [9.17, 15) is 0 Å². The van der Waals surface area contributed by atoms with Gasteiger partial charge in [0.1, 0.15) is 0 Å². The lowest BCUT2D eigenvalue weighted by molar-refractivity contribution is 0.175. The summed E-state index contributed by atoms with van der Waals surface area (Å²) >= 11 is 0. The molecular weight excluding hydrogens is 236 g/mol. The summed E-state index contributed by atoms with van der Waals surface area (Å²) in [6.45, 7) is 2.49. The molecule has 2 unspecified atom stereocenters. The maximum Gasteiger partial charge on any atom is 0.0716 e. The molecule has 0 aromatic heterocycles. The van der Waals surface area contributed by atoms with Crippen molar-refractivity contribution < 1.29 is 4.74 Å². The van der Waals surface area contributed by atoms with E-state index in [0.29, 0.717) is 18.6 Å². The SMILES string of the molecule is COCc1ccccc1CN(C)C1CCCC1CN. The maximum absolute atomic E-state index is 5.89. The number of nitrogens with two attached hydrogens (primary N) is 1. The second-order valence-electron chi connectivity index (χ2n) is 5.61. The summed E-state index contributed by atoms with van der Waals surface area (Å²) in [7, 11) is 3.98. The lowest BCUT2D eigenvalue weighted by Crippen LogP contribution is -2.37. The minimum atomic E-state index is 0.639. The van der Waals surface area contributed by atoms with Crippen LogP contribution < -0.4 is 5.73 Å². The van der Waals surface area contributed by atoms with E-state index in [4.69, 9.17) is 10.5 Å². The van der Waals surface area contributed by atoms with Gasteiger partial charge in [0.25, 0.3) is 0 Å². The van der Waals surface area contributed by atoms with Gasteiger partial charge in [-0.2, -0.15) is 0 Å². The van der Waals surface area contributed by atoms with Crippen molar-refractivity contribution >= 4 is 0 Å². The van der Waals surface area contributed by atoms with Gasteiger partial charge < -0.3 is 10.5 Å². The largest absolute Gasteiger partial charge is 0.380 e. The van der Waals surface area contributed by atoms with Crippen LogP contribution in [0.15, 0.2) is 24.3 Å². The number of rotatable bonds is 6. The summed E-state index contributed by atoms with van der Waals surface area (Å²) in [5, 5.41) is 0. The molecule has 106 valence electrons. The van der Waals surface area contributed by atoms with E-state index in [1.165, 1.54) is 30.4 Å². The third kappa shape index (κ3) is 3.56. The van der Waals surface area contributed by atoms with Crippen molar-refractivity contribution in [3.63, 3.8) is 0 Å². The lowest BCUT2D eigenvalue weighted by atomic mass is 10.0. The molecule has 1 aromatic carbocycles. The molecule has 1 saturated carbocycles. The highest BCUT2D eigenvalue weighted by Gasteiger charge is 2.29. The molecule has 0 saturated heterocycles. The summed E-state index contributed by atoms with van der Waals surface area (Å²) in [4.78, 5) is 2.47. The standard InChI is InChI=1S/C16H26N2O/c1-18(16-9-5-8-13(16)10-17)11-14-6-3-4-7-15(14)12-19-2/h3-4,6-7,13,16H,5,8-12,17H2,1-2H3. The van der Waals surface area contributed by atoms with Crippen LogP contribution in [0.2, 0.25) is 0 Å². The lowest BCUT2D eigenvalue weighted by Gasteiger charge is -2.29. The quantitative estimate of drug-likeness (QED) is 0.855. The van der Waals surface area contributed by atoms with E-state index in [1.807, 2.05) is 0 Å². The molecule has 1 aliphatic carbocycles. The zero-order valence-corrected chi connectivity index (χ0v) is 12.1. The Bertz CT molecular complexity index is 394. The fourth-order valence-electron chi connectivity index (χ4n) is 3.27. The van der Waals surface area contributed by atoms with Crippen LogP contribution in [0.4, 0.5) is 0 Å². The Balaban J connectivity index is 2.04.